The molecule has 0 saturated carbocycles. The highest BCUT2D eigenvalue weighted by atomic mass is 16.3. The largest absolute Gasteiger partial charge is 0.443 e. The molecule has 2 aromatic heterocycles. The average molecular weight is 345 g/mol. The van der Waals surface area contributed by atoms with Crippen LogP contribution in [0.25, 0.3) is 11.1 Å². The number of fused-ring (bicyclic) bond motifs is 1. The van der Waals surface area contributed by atoms with Gasteiger partial charge in [-0.25, -0.2) is 9.97 Å². The maximum Gasteiger partial charge on any atom is 0.229 e. The predicted molar refractivity (Wildman–Crippen MR) is 103 cm³/mol. The van der Waals surface area contributed by atoms with Gasteiger partial charge >= 0.3 is 0 Å². The molecule has 0 aliphatic rings. The van der Waals surface area contributed by atoms with Crippen molar-refractivity contribution in [1.82, 2.24) is 15.0 Å². The Morgan fingerprint density at radius 1 is 0.923 bits per heavy atom. The molecule has 0 fully saturated rings. The molecule has 0 amide bonds. The van der Waals surface area contributed by atoms with Crippen molar-refractivity contribution in [3.63, 3.8) is 0 Å². The molecule has 0 unspecified atom stereocenters. The van der Waals surface area contributed by atoms with Gasteiger partial charge in [0, 0.05) is 23.1 Å². The van der Waals surface area contributed by atoms with Crippen LogP contribution in [0.15, 0.2) is 53.4 Å². The molecule has 6 nitrogen and oxygen atoms in total. The highest BCUT2D eigenvalue weighted by molar-refractivity contribution is 5.78. The van der Waals surface area contributed by atoms with E-state index in [9.17, 15) is 0 Å². The van der Waals surface area contributed by atoms with Crippen LogP contribution in [0.5, 0.6) is 0 Å². The van der Waals surface area contributed by atoms with Gasteiger partial charge in [0.05, 0.1) is 0 Å². The minimum Gasteiger partial charge on any atom is -0.443 e. The zero-order valence-electron chi connectivity index (χ0n) is 14.9. The lowest BCUT2D eigenvalue weighted by molar-refractivity contribution is 0.602. The summed E-state index contributed by atoms with van der Waals surface area (Å²) in [5.74, 6) is 1.30. The minimum absolute atomic E-state index is 0.550. The van der Waals surface area contributed by atoms with Gasteiger partial charge in [-0.1, -0.05) is 12.1 Å². The molecule has 6 heteroatoms. The third-order valence-corrected chi connectivity index (χ3v) is 4.42. The first kappa shape index (κ1) is 16.1. The van der Waals surface area contributed by atoms with E-state index in [-0.39, 0.29) is 0 Å². The van der Waals surface area contributed by atoms with E-state index in [1.165, 1.54) is 17.5 Å². The number of aryl methyl sites for hydroxylation is 2. The van der Waals surface area contributed by atoms with E-state index in [2.05, 4.69) is 45.5 Å². The SMILES string of the molecule is Cc1cnc(Nc2cccc(C)c2C)nc1Nc1ccc2ocnc2c1. The Bertz CT molecular complexity index is 1090. The molecule has 0 spiro atoms. The summed E-state index contributed by atoms with van der Waals surface area (Å²) in [5, 5.41) is 6.64. The van der Waals surface area contributed by atoms with Crippen LogP contribution in [0, 0.1) is 20.8 Å². The fourth-order valence-corrected chi connectivity index (χ4v) is 2.71. The van der Waals surface area contributed by atoms with Crippen molar-refractivity contribution in [2.75, 3.05) is 10.6 Å². The van der Waals surface area contributed by atoms with Gasteiger partial charge < -0.3 is 15.1 Å². The van der Waals surface area contributed by atoms with Crippen molar-refractivity contribution in [3.8, 4) is 0 Å². The molecule has 4 aromatic rings. The Morgan fingerprint density at radius 2 is 1.81 bits per heavy atom. The van der Waals surface area contributed by atoms with Gasteiger partial charge in [0.1, 0.15) is 11.3 Å². The third kappa shape index (κ3) is 3.09. The zero-order chi connectivity index (χ0) is 18.1. The Labute approximate surface area is 151 Å². The second-order valence-electron chi connectivity index (χ2n) is 6.26. The number of oxazole rings is 1. The summed E-state index contributed by atoms with van der Waals surface area (Å²) in [6.45, 7) is 6.14. The van der Waals surface area contributed by atoms with E-state index < -0.39 is 0 Å². The van der Waals surface area contributed by atoms with Gasteiger partial charge in [-0.05, 0) is 56.2 Å². The molecule has 0 atom stereocenters. The molecule has 0 bridgehead atoms. The number of benzene rings is 2. The number of hydrogen-bond acceptors (Lipinski definition) is 6. The van der Waals surface area contributed by atoms with Crippen LogP contribution in [-0.4, -0.2) is 15.0 Å². The van der Waals surface area contributed by atoms with Crippen LogP contribution in [0.3, 0.4) is 0 Å². The van der Waals surface area contributed by atoms with Crippen LogP contribution >= 0.6 is 0 Å². The summed E-state index contributed by atoms with van der Waals surface area (Å²) in [7, 11) is 0. The highest BCUT2D eigenvalue weighted by Gasteiger charge is 2.08. The second-order valence-corrected chi connectivity index (χ2v) is 6.26. The molecule has 4 rings (SSSR count). The summed E-state index contributed by atoms with van der Waals surface area (Å²) in [6.07, 6.45) is 3.24. The predicted octanol–water partition coefficient (Wildman–Crippen LogP) is 5.03. The second kappa shape index (κ2) is 6.48. The minimum atomic E-state index is 0.550. The standard InChI is InChI=1S/C20H19N5O/c1-12-5-4-6-16(14(12)3)24-20-21-10-13(2)19(25-20)23-15-7-8-18-17(9-15)22-11-26-18/h4-11H,1-3H3,(H2,21,23,24,25). The Morgan fingerprint density at radius 3 is 2.69 bits per heavy atom. The monoisotopic (exact) mass is 345 g/mol. The van der Waals surface area contributed by atoms with Gasteiger partial charge in [0.25, 0.3) is 0 Å². The van der Waals surface area contributed by atoms with Crippen molar-refractivity contribution >= 4 is 34.2 Å². The number of hydrogen-bond donors (Lipinski definition) is 2. The number of anilines is 4. The topological polar surface area (TPSA) is 75.9 Å². The fraction of sp³-hybridized carbons (Fsp3) is 0.150. The molecular formula is C20H19N5O. The van der Waals surface area contributed by atoms with Crippen molar-refractivity contribution in [2.24, 2.45) is 0 Å². The van der Waals surface area contributed by atoms with Crippen LogP contribution in [0.2, 0.25) is 0 Å². The van der Waals surface area contributed by atoms with Crippen molar-refractivity contribution in [3.05, 3.63) is 65.7 Å². The zero-order valence-corrected chi connectivity index (χ0v) is 14.9. The highest BCUT2D eigenvalue weighted by Crippen LogP contribution is 2.25. The summed E-state index contributed by atoms with van der Waals surface area (Å²) < 4.78 is 5.28. The summed E-state index contributed by atoms with van der Waals surface area (Å²) in [6, 6.07) is 11.9. The van der Waals surface area contributed by atoms with Crippen LogP contribution in [0.1, 0.15) is 16.7 Å². The van der Waals surface area contributed by atoms with Gasteiger partial charge in [0.2, 0.25) is 5.95 Å². The van der Waals surface area contributed by atoms with Crippen LogP contribution in [-0.2, 0) is 0 Å². The summed E-state index contributed by atoms with van der Waals surface area (Å²) in [5.41, 5.74) is 6.82. The van der Waals surface area contributed by atoms with Gasteiger partial charge in [-0.3, -0.25) is 0 Å². The normalized spacial score (nSPS) is 10.9. The molecule has 0 aliphatic carbocycles. The lowest BCUT2D eigenvalue weighted by Crippen LogP contribution is -2.04. The van der Waals surface area contributed by atoms with Gasteiger partial charge in [-0.2, -0.15) is 4.98 Å². The molecule has 2 aromatic carbocycles. The number of rotatable bonds is 4. The molecular weight excluding hydrogens is 326 g/mol. The van der Waals surface area contributed by atoms with E-state index >= 15 is 0 Å². The van der Waals surface area contributed by atoms with Crippen LogP contribution in [0.4, 0.5) is 23.1 Å². The number of nitrogens with one attached hydrogen (secondary N) is 2. The van der Waals surface area contributed by atoms with E-state index in [1.807, 2.05) is 37.3 Å². The van der Waals surface area contributed by atoms with Crippen molar-refractivity contribution in [2.45, 2.75) is 20.8 Å². The fourth-order valence-electron chi connectivity index (χ4n) is 2.71. The molecule has 130 valence electrons. The van der Waals surface area contributed by atoms with E-state index in [1.54, 1.807) is 6.20 Å². The molecule has 2 heterocycles. The molecule has 26 heavy (non-hydrogen) atoms. The first-order valence-corrected chi connectivity index (χ1v) is 8.37. The molecule has 0 radical (unpaired) electrons. The first-order valence-electron chi connectivity index (χ1n) is 8.37. The van der Waals surface area contributed by atoms with Crippen LogP contribution < -0.4 is 10.6 Å². The maximum atomic E-state index is 5.28. The smallest absolute Gasteiger partial charge is 0.229 e. The maximum absolute atomic E-state index is 5.28. The Hall–Kier alpha value is -3.41. The van der Waals surface area contributed by atoms with Crippen molar-refractivity contribution in [1.29, 1.82) is 0 Å². The summed E-state index contributed by atoms with van der Waals surface area (Å²) in [4.78, 5) is 13.2. The van der Waals surface area contributed by atoms with Gasteiger partial charge in [0.15, 0.2) is 12.0 Å². The lowest BCUT2D eigenvalue weighted by Gasteiger charge is -2.13. The molecule has 0 aliphatic heterocycles. The average Bonchev–Trinajstić information content (AvgIpc) is 3.09. The number of nitrogens with zero attached hydrogens (tertiary/aromatic N) is 3. The van der Waals surface area contributed by atoms with E-state index in [0.29, 0.717) is 5.95 Å². The summed E-state index contributed by atoms with van der Waals surface area (Å²) >= 11 is 0. The van der Waals surface area contributed by atoms with Crippen molar-refractivity contribution < 1.29 is 4.42 Å². The number of aromatic nitrogens is 3. The van der Waals surface area contributed by atoms with Gasteiger partial charge in [-0.15, -0.1) is 0 Å². The lowest BCUT2D eigenvalue weighted by atomic mass is 10.1. The van der Waals surface area contributed by atoms with E-state index in [0.717, 1.165) is 33.9 Å². The molecule has 0 saturated heterocycles. The third-order valence-electron chi connectivity index (χ3n) is 4.42. The first-order chi connectivity index (χ1) is 12.6. The quantitative estimate of drug-likeness (QED) is 0.540. The van der Waals surface area contributed by atoms with E-state index in [4.69, 9.17) is 4.42 Å². The Kier molecular flexibility index (Phi) is 4.01. The molecule has 2 N–H and O–H groups in total. The Balaban J connectivity index is 1.62.